The number of amides is 1. The van der Waals surface area contributed by atoms with Gasteiger partial charge in [0.2, 0.25) is 5.91 Å². The molecule has 0 saturated carbocycles. The number of rotatable bonds is 7. The molecule has 0 bridgehead atoms. The molecule has 146 valence electrons. The number of benzene rings is 1. The summed E-state index contributed by atoms with van der Waals surface area (Å²) in [6, 6.07) is 4.24. The van der Waals surface area contributed by atoms with Gasteiger partial charge in [0.1, 0.15) is 0 Å². The van der Waals surface area contributed by atoms with Gasteiger partial charge in [0.05, 0.1) is 11.6 Å². The second-order valence-corrected chi connectivity index (χ2v) is 7.15. The van der Waals surface area contributed by atoms with E-state index >= 15 is 0 Å². The number of carbonyl (C=O) groups excluding carboxylic acids is 1. The van der Waals surface area contributed by atoms with Crippen molar-refractivity contribution in [3.63, 3.8) is 0 Å². The Hall–Kier alpha value is -1.60. The van der Waals surface area contributed by atoms with Gasteiger partial charge in [-0.05, 0) is 70.1 Å². The molecule has 1 amide bonds. The Morgan fingerprint density at radius 1 is 1.35 bits per heavy atom. The van der Waals surface area contributed by atoms with Crippen LogP contribution < -0.4 is 5.32 Å². The average molecular weight is 371 g/mol. The number of anilines is 1. The summed E-state index contributed by atoms with van der Waals surface area (Å²) in [6.07, 6.45) is -2.18. The summed E-state index contributed by atoms with van der Waals surface area (Å²) in [7, 11) is 2.12. The summed E-state index contributed by atoms with van der Waals surface area (Å²) in [5, 5.41) is 2.71. The van der Waals surface area contributed by atoms with Crippen LogP contribution in [-0.2, 0) is 11.0 Å². The lowest BCUT2D eigenvalue weighted by Crippen LogP contribution is -2.41. The van der Waals surface area contributed by atoms with Gasteiger partial charge >= 0.3 is 6.18 Å². The third-order valence-corrected chi connectivity index (χ3v) is 4.90. The quantitative estimate of drug-likeness (QED) is 0.794. The molecule has 1 fully saturated rings. The Bertz CT molecular complexity index is 589. The Morgan fingerprint density at radius 3 is 2.58 bits per heavy atom. The summed E-state index contributed by atoms with van der Waals surface area (Å²) >= 11 is 0. The van der Waals surface area contributed by atoms with Crippen LogP contribution >= 0.6 is 0 Å². The first-order valence-corrected chi connectivity index (χ1v) is 9.11. The summed E-state index contributed by atoms with van der Waals surface area (Å²) < 4.78 is 37.8. The van der Waals surface area contributed by atoms with E-state index in [0.29, 0.717) is 11.6 Å². The zero-order valence-corrected chi connectivity index (χ0v) is 15.6. The lowest BCUT2D eigenvalue weighted by atomic mass is 10.1. The minimum Gasteiger partial charge on any atom is -0.325 e. The molecule has 1 aromatic carbocycles. The first-order valence-electron chi connectivity index (χ1n) is 9.11. The molecule has 26 heavy (non-hydrogen) atoms. The van der Waals surface area contributed by atoms with E-state index in [4.69, 9.17) is 0 Å². The number of nitrogens with one attached hydrogen (secondary N) is 1. The summed E-state index contributed by atoms with van der Waals surface area (Å²) in [5.74, 6) is 0.361. The molecule has 1 aromatic rings. The van der Waals surface area contributed by atoms with Crippen molar-refractivity contribution in [3.05, 3.63) is 29.8 Å². The average Bonchev–Trinajstić information content (AvgIpc) is 3.02. The van der Waals surface area contributed by atoms with Crippen molar-refractivity contribution in [3.8, 4) is 0 Å². The van der Waals surface area contributed by atoms with Crippen molar-refractivity contribution >= 4 is 11.6 Å². The number of halogens is 3. The fourth-order valence-electron chi connectivity index (χ4n) is 3.43. The predicted octanol–water partition coefficient (Wildman–Crippen LogP) is 3.70. The lowest BCUT2D eigenvalue weighted by molar-refractivity contribution is -0.137. The van der Waals surface area contributed by atoms with Gasteiger partial charge in [-0.15, -0.1) is 0 Å². The highest BCUT2D eigenvalue weighted by molar-refractivity contribution is 5.94. The maximum Gasteiger partial charge on any atom is 0.416 e. The van der Waals surface area contributed by atoms with Gasteiger partial charge in [-0.2, -0.15) is 13.2 Å². The molecular formula is C19H28F3N3O. The second-order valence-electron chi connectivity index (χ2n) is 7.15. The van der Waals surface area contributed by atoms with E-state index in [1.807, 2.05) is 6.92 Å². The number of carbonyl (C=O) groups is 1. The Morgan fingerprint density at radius 2 is 2.00 bits per heavy atom. The minimum atomic E-state index is -4.37. The molecular weight excluding hydrogens is 343 g/mol. The highest BCUT2D eigenvalue weighted by atomic mass is 19.4. The van der Waals surface area contributed by atoms with Crippen molar-refractivity contribution in [1.29, 1.82) is 0 Å². The van der Waals surface area contributed by atoms with Gasteiger partial charge in [-0.25, -0.2) is 0 Å². The first kappa shape index (κ1) is 20.7. The van der Waals surface area contributed by atoms with Gasteiger partial charge in [0.15, 0.2) is 0 Å². The van der Waals surface area contributed by atoms with Crippen LogP contribution in [0.4, 0.5) is 18.9 Å². The Kier molecular flexibility index (Phi) is 7.06. The Labute approximate surface area is 153 Å². The molecule has 0 unspecified atom stereocenters. The topological polar surface area (TPSA) is 35.6 Å². The molecule has 1 aliphatic heterocycles. The number of nitrogens with zero attached hydrogens (tertiary/aromatic N) is 2. The largest absolute Gasteiger partial charge is 0.416 e. The molecule has 1 aliphatic rings. The van der Waals surface area contributed by atoms with E-state index in [1.54, 1.807) is 0 Å². The highest BCUT2D eigenvalue weighted by Crippen LogP contribution is 2.30. The van der Waals surface area contributed by atoms with Crippen LogP contribution in [0.25, 0.3) is 0 Å². The van der Waals surface area contributed by atoms with Crippen molar-refractivity contribution in [2.24, 2.45) is 5.92 Å². The van der Waals surface area contributed by atoms with E-state index in [1.165, 1.54) is 12.1 Å². The maximum atomic E-state index is 12.6. The van der Waals surface area contributed by atoms with E-state index in [-0.39, 0.29) is 11.9 Å². The molecule has 2 rings (SSSR count). The van der Waals surface area contributed by atoms with Gasteiger partial charge in [0, 0.05) is 18.8 Å². The molecule has 1 heterocycles. The number of likely N-dealkylation sites (tertiary alicyclic amines) is 1. The minimum absolute atomic E-state index is 0.188. The van der Waals surface area contributed by atoms with E-state index in [9.17, 15) is 18.0 Å². The lowest BCUT2D eigenvalue weighted by Gasteiger charge is -2.25. The summed E-state index contributed by atoms with van der Waals surface area (Å²) in [6.45, 7) is 7.84. The van der Waals surface area contributed by atoms with Crippen LogP contribution in [0.5, 0.6) is 0 Å². The van der Waals surface area contributed by atoms with Crippen molar-refractivity contribution in [2.45, 2.75) is 38.9 Å². The molecule has 0 radical (unpaired) electrons. The molecule has 0 aliphatic carbocycles. The SMILES string of the molecule is CCCN(C)C[C@@H]1CCN([C@H](C)C(=O)Nc2ccc(C(F)(F)F)cc2)C1. The third kappa shape index (κ3) is 5.71. The van der Waals surface area contributed by atoms with Crippen LogP contribution in [0.15, 0.2) is 24.3 Å². The van der Waals surface area contributed by atoms with Gasteiger partial charge in [-0.3, -0.25) is 9.69 Å². The van der Waals surface area contributed by atoms with Gasteiger partial charge in [-0.1, -0.05) is 6.92 Å². The highest BCUT2D eigenvalue weighted by Gasteiger charge is 2.31. The van der Waals surface area contributed by atoms with E-state index in [0.717, 1.165) is 51.2 Å². The van der Waals surface area contributed by atoms with Crippen LogP contribution in [0.1, 0.15) is 32.3 Å². The zero-order valence-electron chi connectivity index (χ0n) is 15.6. The molecule has 7 heteroatoms. The molecule has 2 atom stereocenters. The zero-order chi connectivity index (χ0) is 19.3. The fraction of sp³-hybridized carbons (Fsp3) is 0.632. The molecule has 4 nitrogen and oxygen atoms in total. The van der Waals surface area contributed by atoms with Gasteiger partial charge < -0.3 is 10.2 Å². The van der Waals surface area contributed by atoms with E-state index in [2.05, 4.69) is 29.1 Å². The number of hydrogen-bond acceptors (Lipinski definition) is 3. The number of alkyl halides is 3. The molecule has 0 spiro atoms. The maximum absolute atomic E-state index is 12.6. The van der Waals surface area contributed by atoms with Crippen molar-refractivity contribution in [2.75, 3.05) is 38.5 Å². The van der Waals surface area contributed by atoms with Gasteiger partial charge in [0.25, 0.3) is 0 Å². The number of hydrogen-bond donors (Lipinski definition) is 1. The van der Waals surface area contributed by atoms with Crippen LogP contribution in [-0.4, -0.2) is 55.0 Å². The van der Waals surface area contributed by atoms with Crippen LogP contribution in [0, 0.1) is 5.92 Å². The normalized spacial score (nSPS) is 19.7. The van der Waals surface area contributed by atoms with Crippen LogP contribution in [0.2, 0.25) is 0 Å². The smallest absolute Gasteiger partial charge is 0.325 e. The first-order chi connectivity index (χ1) is 12.2. The standard InChI is InChI=1S/C19H28F3N3O/c1-4-10-24(3)12-15-9-11-25(13-15)14(2)18(26)23-17-7-5-16(6-8-17)19(20,21)22/h5-8,14-15H,4,9-13H2,1-3H3,(H,23,26)/t14-,15+/m1/s1. The van der Waals surface area contributed by atoms with E-state index < -0.39 is 11.7 Å². The molecule has 1 saturated heterocycles. The summed E-state index contributed by atoms with van der Waals surface area (Å²) in [5.41, 5.74) is -0.338. The summed E-state index contributed by atoms with van der Waals surface area (Å²) in [4.78, 5) is 16.9. The molecule has 1 N–H and O–H groups in total. The fourth-order valence-corrected chi connectivity index (χ4v) is 3.43. The van der Waals surface area contributed by atoms with Crippen molar-refractivity contribution in [1.82, 2.24) is 9.80 Å². The monoisotopic (exact) mass is 371 g/mol. The van der Waals surface area contributed by atoms with Crippen molar-refractivity contribution < 1.29 is 18.0 Å². The Balaban J connectivity index is 1.86. The molecule has 0 aromatic heterocycles. The third-order valence-electron chi connectivity index (χ3n) is 4.90. The van der Waals surface area contributed by atoms with Crippen LogP contribution in [0.3, 0.4) is 0 Å². The second kappa shape index (κ2) is 8.86. The predicted molar refractivity (Wildman–Crippen MR) is 97.0 cm³/mol.